The summed E-state index contributed by atoms with van der Waals surface area (Å²) in [4.78, 5) is 21.8. The number of hydrogen-bond acceptors (Lipinski definition) is 7. The lowest BCUT2D eigenvalue weighted by molar-refractivity contribution is 0.0740. The second kappa shape index (κ2) is 9.96. The number of rotatable bonds is 5. The average Bonchev–Trinajstić information content (AvgIpc) is 3.34. The highest BCUT2D eigenvalue weighted by atomic mass is 16.2. The third-order valence-corrected chi connectivity index (χ3v) is 7.55. The van der Waals surface area contributed by atoms with Crippen LogP contribution in [0.5, 0.6) is 0 Å². The number of aryl methyl sites for hydroxylation is 1. The molecular weight excluding hydrogens is 504 g/mol. The molecule has 1 aliphatic carbocycles. The number of pyridine rings is 2. The highest BCUT2D eigenvalue weighted by molar-refractivity contribution is 5.92. The number of aromatic amines is 1. The van der Waals surface area contributed by atoms with Gasteiger partial charge in [-0.05, 0) is 37.1 Å². The number of carbonyl (C=O) groups excluding carboxylic acids is 1. The standard InChI is InChI=1S/C28H26N10O.CH4/c1-35-16-22(15-31-35)20-10-23(27-21(12-29)14-32-38(27)17-20)19-4-5-26(30-13-19)36-6-8-37(9-7-36)28(39)25-11-24(33-34-25)18-2-3-18;/h4-5,10-11,13-18H,2-3,6-9H2,1H3,(H,33,34);1H4. The summed E-state index contributed by atoms with van der Waals surface area (Å²) >= 11 is 0. The van der Waals surface area contributed by atoms with Crippen LogP contribution in [0.3, 0.4) is 0 Å². The molecule has 7 rings (SSSR count). The Balaban J connectivity index is 0.00000289. The van der Waals surface area contributed by atoms with E-state index in [9.17, 15) is 10.1 Å². The van der Waals surface area contributed by atoms with Crippen molar-refractivity contribution in [2.24, 2.45) is 7.05 Å². The van der Waals surface area contributed by atoms with Gasteiger partial charge in [-0.15, -0.1) is 0 Å². The van der Waals surface area contributed by atoms with E-state index in [2.05, 4.69) is 37.4 Å². The summed E-state index contributed by atoms with van der Waals surface area (Å²) in [5.74, 6) is 1.38. The van der Waals surface area contributed by atoms with Gasteiger partial charge in [0.15, 0.2) is 0 Å². The number of piperazine rings is 1. The Labute approximate surface area is 231 Å². The van der Waals surface area contributed by atoms with Gasteiger partial charge in [0.05, 0.1) is 23.5 Å². The molecule has 0 unspecified atom stereocenters. The molecule has 11 heteroatoms. The fourth-order valence-corrected chi connectivity index (χ4v) is 5.23. The first-order chi connectivity index (χ1) is 19.1. The lowest BCUT2D eigenvalue weighted by Crippen LogP contribution is -2.49. The van der Waals surface area contributed by atoms with Crippen LogP contribution in [-0.2, 0) is 7.05 Å². The number of aromatic nitrogens is 7. The first-order valence-corrected chi connectivity index (χ1v) is 13.0. The molecule has 2 fully saturated rings. The lowest BCUT2D eigenvalue weighted by Gasteiger charge is -2.35. The molecule has 1 N–H and O–H groups in total. The molecule has 1 saturated heterocycles. The fraction of sp³-hybridized carbons (Fsp3) is 0.310. The van der Waals surface area contributed by atoms with E-state index in [1.54, 1.807) is 15.4 Å². The Morgan fingerprint density at radius 2 is 1.82 bits per heavy atom. The Hall–Kier alpha value is -4.98. The first kappa shape index (κ1) is 25.3. The van der Waals surface area contributed by atoms with Crippen LogP contribution in [0.25, 0.3) is 27.8 Å². The molecule has 1 amide bonds. The van der Waals surface area contributed by atoms with Crippen molar-refractivity contribution in [1.29, 1.82) is 5.26 Å². The van der Waals surface area contributed by atoms with Crippen LogP contribution < -0.4 is 4.90 Å². The average molecular weight is 535 g/mol. The minimum atomic E-state index is -0.0206. The molecule has 1 saturated carbocycles. The summed E-state index contributed by atoms with van der Waals surface area (Å²) in [6, 6.07) is 10.2. The van der Waals surface area contributed by atoms with Crippen LogP contribution in [0, 0.1) is 11.3 Å². The van der Waals surface area contributed by atoms with Crippen LogP contribution in [0.1, 0.15) is 47.9 Å². The summed E-state index contributed by atoms with van der Waals surface area (Å²) in [6.07, 6.45) is 11.4. The second-order valence-electron chi connectivity index (χ2n) is 10.2. The molecule has 40 heavy (non-hydrogen) atoms. The predicted octanol–water partition coefficient (Wildman–Crippen LogP) is 3.87. The highest BCUT2D eigenvalue weighted by Gasteiger charge is 2.29. The maximum Gasteiger partial charge on any atom is 0.274 e. The van der Waals surface area contributed by atoms with Gasteiger partial charge < -0.3 is 9.80 Å². The zero-order valence-electron chi connectivity index (χ0n) is 21.4. The number of carbonyl (C=O) groups is 1. The van der Waals surface area contributed by atoms with Gasteiger partial charge in [0.2, 0.25) is 0 Å². The molecule has 6 heterocycles. The second-order valence-corrected chi connectivity index (χ2v) is 10.2. The van der Waals surface area contributed by atoms with Crippen LogP contribution in [0.2, 0.25) is 0 Å². The minimum Gasteiger partial charge on any atom is -0.353 e. The van der Waals surface area contributed by atoms with E-state index < -0.39 is 0 Å². The monoisotopic (exact) mass is 534 g/mol. The SMILES string of the molecule is C.Cn1cc(-c2cc(-c3ccc(N4CCN(C(=O)c5cc(C6CC6)[nH]n5)CC4)nc3)c3c(C#N)cnn3c2)cn1. The number of fused-ring (bicyclic) bond motifs is 1. The van der Waals surface area contributed by atoms with Gasteiger partial charge >= 0.3 is 0 Å². The Kier molecular flexibility index (Phi) is 6.30. The number of nitrogens with zero attached hydrogens (tertiary/aromatic N) is 9. The maximum absolute atomic E-state index is 12.9. The number of nitrogens with one attached hydrogen (secondary N) is 1. The van der Waals surface area contributed by atoms with E-state index in [0.717, 1.165) is 39.3 Å². The van der Waals surface area contributed by atoms with Gasteiger partial charge in [0.1, 0.15) is 17.6 Å². The number of hydrogen-bond donors (Lipinski definition) is 1. The number of H-pyrrole nitrogens is 1. The third-order valence-electron chi connectivity index (χ3n) is 7.55. The van der Waals surface area contributed by atoms with Crippen molar-refractivity contribution in [2.45, 2.75) is 26.2 Å². The van der Waals surface area contributed by atoms with Crippen molar-refractivity contribution in [3.05, 3.63) is 72.2 Å². The molecule has 0 radical (unpaired) electrons. The van der Waals surface area contributed by atoms with Crippen molar-refractivity contribution >= 4 is 17.2 Å². The van der Waals surface area contributed by atoms with E-state index in [1.165, 1.54) is 12.8 Å². The van der Waals surface area contributed by atoms with Gasteiger partial charge in [-0.3, -0.25) is 14.6 Å². The van der Waals surface area contributed by atoms with Gasteiger partial charge in [0.25, 0.3) is 5.91 Å². The highest BCUT2D eigenvalue weighted by Crippen LogP contribution is 2.39. The van der Waals surface area contributed by atoms with E-state index >= 15 is 0 Å². The molecule has 11 nitrogen and oxygen atoms in total. The quantitative estimate of drug-likeness (QED) is 0.363. The summed E-state index contributed by atoms with van der Waals surface area (Å²) in [6.45, 7) is 2.62. The normalized spacial score (nSPS) is 15.2. The molecule has 202 valence electrons. The molecule has 0 spiro atoms. The summed E-state index contributed by atoms with van der Waals surface area (Å²) in [5.41, 5.74) is 6.51. The van der Waals surface area contributed by atoms with Crippen LogP contribution in [0.4, 0.5) is 5.82 Å². The predicted molar refractivity (Wildman–Crippen MR) is 151 cm³/mol. The fourth-order valence-electron chi connectivity index (χ4n) is 5.23. The summed E-state index contributed by atoms with van der Waals surface area (Å²) in [7, 11) is 1.88. The molecule has 0 atom stereocenters. The number of anilines is 1. The van der Waals surface area contributed by atoms with Crippen molar-refractivity contribution < 1.29 is 4.79 Å². The van der Waals surface area contributed by atoms with Crippen molar-refractivity contribution in [3.8, 4) is 28.3 Å². The minimum absolute atomic E-state index is 0. The molecule has 0 aromatic carbocycles. The Morgan fingerprint density at radius 3 is 2.50 bits per heavy atom. The number of amides is 1. The van der Waals surface area contributed by atoms with E-state index in [4.69, 9.17) is 4.98 Å². The topological polar surface area (TPSA) is 124 Å². The largest absolute Gasteiger partial charge is 0.353 e. The smallest absolute Gasteiger partial charge is 0.274 e. The molecule has 5 aromatic rings. The first-order valence-electron chi connectivity index (χ1n) is 13.0. The zero-order valence-corrected chi connectivity index (χ0v) is 21.4. The number of nitriles is 1. The zero-order chi connectivity index (χ0) is 26.5. The molecule has 5 aromatic heterocycles. The van der Waals surface area contributed by atoms with E-state index in [0.29, 0.717) is 43.4 Å². The Bertz CT molecular complexity index is 1730. The lowest BCUT2D eigenvalue weighted by atomic mass is 10.0. The molecule has 0 bridgehead atoms. The summed E-state index contributed by atoms with van der Waals surface area (Å²) < 4.78 is 3.50. The van der Waals surface area contributed by atoms with Crippen LogP contribution in [0.15, 0.2) is 55.2 Å². The van der Waals surface area contributed by atoms with Crippen molar-refractivity contribution in [2.75, 3.05) is 31.1 Å². The van der Waals surface area contributed by atoms with Gasteiger partial charge in [0, 0.05) is 85.7 Å². The van der Waals surface area contributed by atoms with Gasteiger partial charge in [-0.1, -0.05) is 7.43 Å². The van der Waals surface area contributed by atoms with Gasteiger partial charge in [-0.25, -0.2) is 9.50 Å². The molecular formula is C29H30N10O. The van der Waals surface area contributed by atoms with Crippen molar-refractivity contribution in [1.82, 2.24) is 39.5 Å². The van der Waals surface area contributed by atoms with E-state index in [-0.39, 0.29) is 13.3 Å². The van der Waals surface area contributed by atoms with Crippen molar-refractivity contribution in [3.63, 3.8) is 0 Å². The van der Waals surface area contributed by atoms with E-state index in [1.807, 2.05) is 54.9 Å². The van der Waals surface area contributed by atoms with Gasteiger partial charge in [-0.2, -0.15) is 20.6 Å². The Morgan fingerprint density at radius 1 is 1.00 bits per heavy atom. The third kappa shape index (κ3) is 4.47. The molecule has 2 aliphatic rings. The summed E-state index contributed by atoms with van der Waals surface area (Å²) in [5, 5.41) is 25.7. The van der Waals surface area contributed by atoms with Crippen LogP contribution >= 0.6 is 0 Å². The molecule has 1 aliphatic heterocycles. The maximum atomic E-state index is 12.9. The van der Waals surface area contributed by atoms with Crippen LogP contribution in [-0.4, -0.2) is 71.6 Å².